The third kappa shape index (κ3) is 3.59. The van der Waals surface area contributed by atoms with Crippen LogP contribution >= 0.6 is 0 Å². The molecule has 4 nitrogen and oxygen atoms in total. The highest BCUT2D eigenvalue weighted by Gasteiger charge is 2.20. The first-order valence-electron chi connectivity index (χ1n) is 8.61. The number of carboxylic acid groups (broad SMARTS) is 1. The summed E-state index contributed by atoms with van der Waals surface area (Å²) in [5, 5.41) is 10.2. The van der Waals surface area contributed by atoms with E-state index in [1.165, 1.54) is 0 Å². The van der Waals surface area contributed by atoms with Gasteiger partial charge >= 0.3 is 5.97 Å². The number of hydrogen-bond donors (Lipinski definition) is 2. The standard InChI is InChI=1S/C19H20N2O2.C2H6/c1-12-16(11-17(20)19(22)23)15-10-6-9-14(18(15)21(12)2)13-7-4-3-5-8-13;1-2/h3-10,17H,11,20H2,1-2H3,(H,22,23);1-2H3. The zero-order valence-corrected chi connectivity index (χ0v) is 15.3. The largest absolute Gasteiger partial charge is 0.480 e. The summed E-state index contributed by atoms with van der Waals surface area (Å²) in [7, 11) is 2.01. The molecule has 0 saturated carbocycles. The number of carboxylic acids is 1. The number of hydrogen-bond acceptors (Lipinski definition) is 2. The van der Waals surface area contributed by atoms with Crippen LogP contribution in [0.15, 0.2) is 48.5 Å². The maximum Gasteiger partial charge on any atom is 0.320 e. The van der Waals surface area contributed by atoms with E-state index in [-0.39, 0.29) is 0 Å². The van der Waals surface area contributed by atoms with Gasteiger partial charge in [-0.15, -0.1) is 0 Å². The van der Waals surface area contributed by atoms with E-state index in [2.05, 4.69) is 22.8 Å². The van der Waals surface area contributed by atoms with Crippen molar-refractivity contribution < 1.29 is 9.90 Å². The highest BCUT2D eigenvalue weighted by atomic mass is 16.4. The van der Waals surface area contributed by atoms with Crippen molar-refractivity contribution in [2.75, 3.05) is 0 Å². The first-order chi connectivity index (χ1) is 12.0. The lowest BCUT2D eigenvalue weighted by Crippen LogP contribution is -2.32. The van der Waals surface area contributed by atoms with Crippen molar-refractivity contribution in [1.29, 1.82) is 0 Å². The number of aryl methyl sites for hydroxylation is 1. The molecule has 3 rings (SSSR count). The Kier molecular flexibility index (Phi) is 5.99. The van der Waals surface area contributed by atoms with E-state index in [1.54, 1.807) is 0 Å². The average molecular weight is 338 g/mol. The van der Waals surface area contributed by atoms with E-state index in [1.807, 2.05) is 58.2 Å². The SMILES string of the molecule is CC.Cc1c(CC(N)C(=O)O)c2cccc(-c3ccccc3)c2n1C. The zero-order valence-electron chi connectivity index (χ0n) is 15.3. The summed E-state index contributed by atoms with van der Waals surface area (Å²) < 4.78 is 2.13. The third-order valence-corrected chi connectivity index (χ3v) is 4.46. The Balaban J connectivity index is 0.00000109. The van der Waals surface area contributed by atoms with E-state index >= 15 is 0 Å². The summed E-state index contributed by atoms with van der Waals surface area (Å²) in [6, 6.07) is 15.5. The van der Waals surface area contributed by atoms with Crippen LogP contribution in [0, 0.1) is 6.92 Å². The van der Waals surface area contributed by atoms with Gasteiger partial charge in [-0.2, -0.15) is 0 Å². The second-order valence-corrected chi connectivity index (χ2v) is 5.84. The molecular weight excluding hydrogens is 312 g/mol. The smallest absolute Gasteiger partial charge is 0.320 e. The van der Waals surface area contributed by atoms with Gasteiger partial charge in [-0.1, -0.05) is 62.4 Å². The molecule has 0 amide bonds. The molecule has 0 aliphatic rings. The Bertz CT molecular complexity index is 866. The fraction of sp³-hybridized carbons (Fsp3) is 0.286. The second kappa shape index (κ2) is 7.99. The summed E-state index contributed by atoms with van der Waals surface area (Å²) >= 11 is 0. The molecule has 0 aliphatic heterocycles. The second-order valence-electron chi connectivity index (χ2n) is 5.84. The molecule has 4 heteroatoms. The Hall–Kier alpha value is -2.59. The lowest BCUT2D eigenvalue weighted by molar-refractivity contribution is -0.138. The van der Waals surface area contributed by atoms with E-state index < -0.39 is 12.0 Å². The van der Waals surface area contributed by atoms with Crippen molar-refractivity contribution in [3.8, 4) is 11.1 Å². The molecule has 132 valence electrons. The molecule has 0 fully saturated rings. The first kappa shape index (κ1) is 18.7. The molecule has 3 aromatic rings. The third-order valence-electron chi connectivity index (χ3n) is 4.46. The minimum absolute atomic E-state index is 0.330. The molecule has 1 heterocycles. The molecule has 1 aromatic heterocycles. The summed E-state index contributed by atoms with van der Waals surface area (Å²) in [5.74, 6) is -0.972. The van der Waals surface area contributed by atoms with Gasteiger partial charge in [0.1, 0.15) is 6.04 Å². The van der Waals surface area contributed by atoms with Gasteiger partial charge < -0.3 is 15.4 Å². The van der Waals surface area contributed by atoms with Gasteiger partial charge in [0.15, 0.2) is 0 Å². The van der Waals surface area contributed by atoms with Gasteiger partial charge in [0, 0.05) is 30.1 Å². The van der Waals surface area contributed by atoms with Gasteiger partial charge in [-0.3, -0.25) is 4.79 Å². The monoisotopic (exact) mass is 338 g/mol. The van der Waals surface area contributed by atoms with E-state index in [4.69, 9.17) is 10.8 Å². The Morgan fingerprint density at radius 1 is 1.12 bits per heavy atom. The molecule has 0 spiro atoms. The van der Waals surface area contributed by atoms with Crippen LogP contribution in [0.2, 0.25) is 0 Å². The molecule has 1 unspecified atom stereocenters. The number of aliphatic carboxylic acids is 1. The van der Waals surface area contributed by atoms with Crippen molar-refractivity contribution in [2.45, 2.75) is 33.2 Å². The van der Waals surface area contributed by atoms with Crippen LogP contribution in [-0.4, -0.2) is 21.7 Å². The van der Waals surface area contributed by atoms with Crippen molar-refractivity contribution in [1.82, 2.24) is 4.57 Å². The fourth-order valence-electron chi connectivity index (χ4n) is 3.13. The molecular formula is C21H26N2O2. The zero-order chi connectivity index (χ0) is 18.6. The average Bonchev–Trinajstić information content (AvgIpc) is 2.89. The molecule has 0 aliphatic carbocycles. The molecule has 3 N–H and O–H groups in total. The maximum atomic E-state index is 11.1. The lowest BCUT2D eigenvalue weighted by atomic mass is 9.99. The van der Waals surface area contributed by atoms with Gasteiger partial charge in [-0.05, 0) is 18.1 Å². The summed E-state index contributed by atoms with van der Waals surface area (Å²) in [5.41, 5.74) is 11.2. The van der Waals surface area contributed by atoms with Crippen molar-refractivity contribution in [3.63, 3.8) is 0 Å². The highest BCUT2D eigenvalue weighted by Crippen LogP contribution is 2.33. The van der Waals surface area contributed by atoms with Gasteiger partial charge in [0.2, 0.25) is 0 Å². The van der Waals surface area contributed by atoms with Gasteiger partial charge in [0.05, 0.1) is 5.52 Å². The molecule has 1 atom stereocenters. The number of para-hydroxylation sites is 1. The van der Waals surface area contributed by atoms with Crippen LogP contribution in [0.5, 0.6) is 0 Å². The molecule has 2 aromatic carbocycles. The first-order valence-corrected chi connectivity index (χ1v) is 8.61. The van der Waals surface area contributed by atoms with E-state index in [0.29, 0.717) is 6.42 Å². The summed E-state index contributed by atoms with van der Waals surface area (Å²) in [6.07, 6.45) is 0.330. The molecule has 0 bridgehead atoms. The Morgan fingerprint density at radius 3 is 2.36 bits per heavy atom. The molecule has 25 heavy (non-hydrogen) atoms. The van der Waals surface area contributed by atoms with Crippen molar-refractivity contribution in [3.05, 3.63) is 59.8 Å². The summed E-state index contributed by atoms with van der Waals surface area (Å²) in [6.45, 7) is 6.01. The number of benzene rings is 2. The summed E-state index contributed by atoms with van der Waals surface area (Å²) in [4.78, 5) is 11.1. The fourth-order valence-corrected chi connectivity index (χ4v) is 3.13. The van der Waals surface area contributed by atoms with Crippen LogP contribution in [0.4, 0.5) is 0 Å². The number of rotatable bonds is 4. The quantitative estimate of drug-likeness (QED) is 0.751. The number of nitrogens with two attached hydrogens (primary N) is 1. The lowest BCUT2D eigenvalue weighted by Gasteiger charge is -2.07. The number of aromatic nitrogens is 1. The van der Waals surface area contributed by atoms with Crippen LogP contribution in [0.3, 0.4) is 0 Å². The normalized spacial score (nSPS) is 11.7. The van der Waals surface area contributed by atoms with Crippen molar-refractivity contribution >= 4 is 16.9 Å². The number of nitrogens with zero attached hydrogens (tertiary/aromatic N) is 1. The number of carbonyl (C=O) groups is 1. The van der Waals surface area contributed by atoms with Gasteiger partial charge in [-0.25, -0.2) is 0 Å². The minimum atomic E-state index is -0.972. The Labute approximate surface area is 148 Å². The van der Waals surface area contributed by atoms with Crippen LogP contribution in [-0.2, 0) is 18.3 Å². The number of fused-ring (bicyclic) bond motifs is 1. The van der Waals surface area contributed by atoms with E-state index in [0.717, 1.165) is 33.3 Å². The maximum absolute atomic E-state index is 11.1. The van der Waals surface area contributed by atoms with Gasteiger partial charge in [0.25, 0.3) is 0 Å². The Morgan fingerprint density at radius 2 is 1.76 bits per heavy atom. The predicted octanol–water partition coefficient (Wildman–Crippen LogP) is 4.13. The molecule has 0 radical (unpaired) electrons. The highest BCUT2D eigenvalue weighted by molar-refractivity contribution is 5.97. The predicted molar refractivity (Wildman–Crippen MR) is 104 cm³/mol. The van der Waals surface area contributed by atoms with Crippen LogP contribution in [0.1, 0.15) is 25.1 Å². The van der Waals surface area contributed by atoms with Crippen LogP contribution in [0.25, 0.3) is 22.0 Å². The van der Waals surface area contributed by atoms with E-state index in [9.17, 15) is 4.79 Å². The minimum Gasteiger partial charge on any atom is -0.480 e. The van der Waals surface area contributed by atoms with Crippen molar-refractivity contribution in [2.24, 2.45) is 12.8 Å². The van der Waals surface area contributed by atoms with Crippen LogP contribution < -0.4 is 5.73 Å². The molecule has 0 saturated heterocycles. The topological polar surface area (TPSA) is 68.2 Å².